The van der Waals surface area contributed by atoms with Crippen LogP contribution in [-0.2, 0) is 0 Å². The van der Waals surface area contributed by atoms with Gasteiger partial charge in [-0.05, 0) is 42.0 Å². The summed E-state index contributed by atoms with van der Waals surface area (Å²) in [5.74, 6) is 0. The summed E-state index contributed by atoms with van der Waals surface area (Å²) < 4.78 is 1.95. The number of non-ortho nitro benzene ring substituents is 1. The second kappa shape index (κ2) is 6.15. The molecule has 0 bridgehead atoms. The van der Waals surface area contributed by atoms with E-state index < -0.39 is 4.92 Å². The molecule has 4 rings (SSSR count). The number of benzene rings is 3. The predicted octanol–water partition coefficient (Wildman–Crippen LogP) is 4.47. The van der Waals surface area contributed by atoms with Crippen molar-refractivity contribution in [1.29, 1.82) is 5.26 Å². The van der Waals surface area contributed by atoms with E-state index in [0.29, 0.717) is 11.1 Å². The predicted molar refractivity (Wildman–Crippen MR) is 97.9 cm³/mol. The SMILES string of the molecule is N#Cc1cc(-c2ccc([N+](=O)[O-])cc2)c2c(c1)ncn2-c1ccccc1. The molecule has 0 atom stereocenters. The first-order chi connectivity index (χ1) is 12.7. The third-order valence-electron chi connectivity index (χ3n) is 4.20. The lowest BCUT2D eigenvalue weighted by molar-refractivity contribution is -0.384. The first kappa shape index (κ1) is 15.5. The van der Waals surface area contributed by atoms with Crippen molar-refractivity contribution in [2.24, 2.45) is 0 Å². The van der Waals surface area contributed by atoms with Gasteiger partial charge in [0.25, 0.3) is 5.69 Å². The Hall–Kier alpha value is -3.98. The standard InChI is InChI=1S/C20H12N4O2/c21-12-14-10-18(15-6-8-17(9-7-15)24(25)26)20-19(11-14)22-13-23(20)16-4-2-1-3-5-16/h1-11,13H. The number of para-hydroxylation sites is 1. The van der Waals surface area contributed by atoms with Crippen molar-refractivity contribution < 1.29 is 4.92 Å². The zero-order valence-corrected chi connectivity index (χ0v) is 13.5. The van der Waals surface area contributed by atoms with E-state index in [2.05, 4.69) is 11.1 Å². The number of nitriles is 1. The van der Waals surface area contributed by atoms with Gasteiger partial charge >= 0.3 is 0 Å². The highest BCUT2D eigenvalue weighted by Crippen LogP contribution is 2.32. The summed E-state index contributed by atoms with van der Waals surface area (Å²) >= 11 is 0. The molecule has 0 saturated carbocycles. The largest absolute Gasteiger partial charge is 0.298 e. The molecule has 0 aliphatic rings. The van der Waals surface area contributed by atoms with E-state index in [1.807, 2.05) is 34.9 Å². The lowest BCUT2D eigenvalue weighted by atomic mass is 10.0. The number of imidazole rings is 1. The number of aromatic nitrogens is 2. The summed E-state index contributed by atoms with van der Waals surface area (Å²) in [7, 11) is 0. The molecule has 0 unspecified atom stereocenters. The minimum atomic E-state index is -0.431. The summed E-state index contributed by atoms with van der Waals surface area (Å²) in [4.78, 5) is 14.9. The molecule has 26 heavy (non-hydrogen) atoms. The Kier molecular flexibility index (Phi) is 3.67. The van der Waals surface area contributed by atoms with E-state index in [9.17, 15) is 15.4 Å². The van der Waals surface area contributed by atoms with Crippen molar-refractivity contribution in [3.8, 4) is 22.9 Å². The molecule has 4 aromatic rings. The van der Waals surface area contributed by atoms with Gasteiger partial charge in [-0.2, -0.15) is 5.26 Å². The third-order valence-corrected chi connectivity index (χ3v) is 4.20. The molecule has 6 nitrogen and oxygen atoms in total. The van der Waals surface area contributed by atoms with Gasteiger partial charge < -0.3 is 0 Å². The molecule has 0 spiro atoms. The second-order valence-corrected chi connectivity index (χ2v) is 5.76. The van der Waals surface area contributed by atoms with Crippen molar-refractivity contribution >= 4 is 16.7 Å². The number of nitro benzene ring substituents is 1. The Morgan fingerprint density at radius 2 is 1.77 bits per heavy atom. The van der Waals surface area contributed by atoms with Crippen LogP contribution in [0.2, 0.25) is 0 Å². The van der Waals surface area contributed by atoms with Crippen molar-refractivity contribution in [1.82, 2.24) is 9.55 Å². The van der Waals surface area contributed by atoms with Crippen LogP contribution in [0.3, 0.4) is 0 Å². The fraction of sp³-hybridized carbons (Fsp3) is 0. The zero-order chi connectivity index (χ0) is 18.1. The van der Waals surface area contributed by atoms with Gasteiger partial charge in [0.15, 0.2) is 0 Å². The summed E-state index contributed by atoms with van der Waals surface area (Å²) in [6, 6.07) is 21.7. The minimum Gasteiger partial charge on any atom is -0.298 e. The van der Waals surface area contributed by atoms with Gasteiger partial charge in [-0.25, -0.2) is 4.98 Å². The maximum atomic E-state index is 10.9. The van der Waals surface area contributed by atoms with Gasteiger partial charge in [0.2, 0.25) is 0 Å². The second-order valence-electron chi connectivity index (χ2n) is 5.76. The van der Waals surface area contributed by atoms with E-state index >= 15 is 0 Å². The smallest absolute Gasteiger partial charge is 0.269 e. The number of fused-ring (bicyclic) bond motifs is 1. The van der Waals surface area contributed by atoms with E-state index in [1.54, 1.807) is 30.6 Å². The van der Waals surface area contributed by atoms with E-state index in [1.165, 1.54) is 12.1 Å². The Labute approximate surface area is 148 Å². The fourth-order valence-electron chi connectivity index (χ4n) is 2.98. The molecule has 6 heteroatoms. The van der Waals surface area contributed by atoms with Crippen LogP contribution < -0.4 is 0 Å². The quantitative estimate of drug-likeness (QED) is 0.407. The molecule has 3 aromatic carbocycles. The summed E-state index contributed by atoms with van der Waals surface area (Å²) in [6.45, 7) is 0. The van der Waals surface area contributed by atoms with Crippen molar-refractivity contribution in [3.63, 3.8) is 0 Å². The Morgan fingerprint density at radius 1 is 1.04 bits per heavy atom. The molecule has 0 fully saturated rings. The Balaban J connectivity index is 1.99. The van der Waals surface area contributed by atoms with Gasteiger partial charge in [0.1, 0.15) is 6.33 Å². The van der Waals surface area contributed by atoms with Crippen LogP contribution >= 0.6 is 0 Å². The number of nitrogens with zero attached hydrogens (tertiary/aromatic N) is 4. The van der Waals surface area contributed by atoms with Crippen LogP contribution in [0.5, 0.6) is 0 Å². The Morgan fingerprint density at radius 3 is 2.42 bits per heavy atom. The molecular weight excluding hydrogens is 328 g/mol. The first-order valence-corrected chi connectivity index (χ1v) is 7.89. The lowest BCUT2D eigenvalue weighted by Gasteiger charge is -2.10. The topological polar surface area (TPSA) is 84.8 Å². The molecule has 0 radical (unpaired) electrons. The van der Waals surface area contributed by atoms with Crippen LogP contribution in [0.4, 0.5) is 5.69 Å². The van der Waals surface area contributed by atoms with Gasteiger partial charge in [0.05, 0.1) is 27.6 Å². The van der Waals surface area contributed by atoms with Crippen molar-refractivity contribution in [3.05, 3.63) is 88.7 Å². The highest BCUT2D eigenvalue weighted by Gasteiger charge is 2.14. The summed E-state index contributed by atoms with van der Waals surface area (Å²) in [5, 5.41) is 20.2. The number of hydrogen-bond acceptors (Lipinski definition) is 4. The molecule has 1 heterocycles. The third kappa shape index (κ3) is 2.58. The van der Waals surface area contributed by atoms with Crippen LogP contribution in [0, 0.1) is 21.4 Å². The number of hydrogen-bond donors (Lipinski definition) is 0. The molecule has 124 valence electrons. The lowest BCUT2D eigenvalue weighted by Crippen LogP contribution is -1.94. The number of nitro groups is 1. The van der Waals surface area contributed by atoms with E-state index in [4.69, 9.17) is 0 Å². The summed E-state index contributed by atoms with van der Waals surface area (Å²) in [6.07, 6.45) is 1.72. The van der Waals surface area contributed by atoms with Crippen LogP contribution in [0.25, 0.3) is 27.8 Å². The molecule has 0 N–H and O–H groups in total. The average Bonchev–Trinajstić information content (AvgIpc) is 3.12. The maximum Gasteiger partial charge on any atom is 0.269 e. The zero-order valence-electron chi connectivity index (χ0n) is 13.5. The van der Waals surface area contributed by atoms with Crippen molar-refractivity contribution in [2.45, 2.75) is 0 Å². The Bertz CT molecular complexity index is 1160. The van der Waals surface area contributed by atoms with Gasteiger partial charge in [0, 0.05) is 23.4 Å². The minimum absolute atomic E-state index is 0.0259. The molecule has 0 aliphatic carbocycles. The van der Waals surface area contributed by atoms with E-state index in [0.717, 1.165) is 22.3 Å². The maximum absolute atomic E-state index is 10.9. The highest BCUT2D eigenvalue weighted by atomic mass is 16.6. The van der Waals surface area contributed by atoms with Crippen LogP contribution in [-0.4, -0.2) is 14.5 Å². The van der Waals surface area contributed by atoms with Gasteiger partial charge in [-0.15, -0.1) is 0 Å². The van der Waals surface area contributed by atoms with Crippen molar-refractivity contribution in [2.75, 3.05) is 0 Å². The normalized spacial score (nSPS) is 10.6. The molecule has 1 aromatic heterocycles. The first-order valence-electron chi connectivity index (χ1n) is 7.89. The molecule has 0 aliphatic heterocycles. The average molecular weight is 340 g/mol. The fourth-order valence-corrected chi connectivity index (χ4v) is 2.98. The van der Waals surface area contributed by atoms with Crippen LogP contribution in [0.15, 0.2) is 73.1 Å². The van der Waals surface area contributed by atoms with Crippen LogP contribution in [0.1, 0.15) is 5.56 Å². The summed E-state index contributed by atoms with van der Waals surface area (Å²) in [5.41, 5.74) is 4.60. The van der Waals surface area contributed by atoms with E-state index in [-0.39, 0.29) is 5.69 Å². The molecular formula is C20H12N4O2. The number of rotatable bonds is 3. The van der Waals surface area contributed by atoms with Gasteiger partial charge in [-0.1, -0.05) is 18.2 Å². The molecule has 0 saturated heterocycles. The van der Waals surface area contributed by atoms with Gasteiger partial charge in [-0.3, -0.25) is 14.7 Å². The molecule has 0 amide bonds. The monoisotopic (exact) mass is 340 g/mol. The highest BCUT2D eigenvalue weighted by molar-refractivity contribution is 5.94.